The molecule has 1 aliphatic rings. The number of carbonyl (C=O) groups excluding carboxylic acids is 4. The van der Waals surface area contributed by atoms with Crippen molar-refractivity contribution in [2.24, 2.45) is 11.8 Å². The summed E-state index contributed by atoms with van der Waals surface area (Å²) in [5, 5.41) is 20.5. The number of rotatable bonds is 10. The highest BCUT2D eigenvalue weighted by Gasteiger charge is 2.60. The van der Waals surface area contributed by atoms with Gasteiger partial charge in [0.15, 0.2) is 17.5 Å². The number of ether oxygens (including phenoxy) is 1. The molecule has 1 atom stereocenters. The summed E-state index contributed by atoms with van der Waals surface area (Å²) in [6, 6.07) is 1.17. The van der Waals surface area contributed by atoms with E-state index < -0.39 is 108 Å². The maximum Gasteiger partial charge on any atom is 0.458 e. The fourth-order valence-corrected chi connectivity index (χ4v) is 4.09. The second-order valence-electron chi connectivity index (χ2n) is 11.4. The Labute approximate surface area is 277 Å². The normalized spacial score (nSPS) is 14.5. The molecular formula is C28H21ClF10N2O9. The van der Waals surface area contributed by atoms with E-state index in [2.05, 4.69) is 0 Å². The molecule has 1 fully saturated rings. The van der Waals surface area contributed by atoms with Crippen LogP contribution in [0.5, 0.6) is 0 Å². The van der Waals surface area contributed by atoms with Gasteiger partial charge in [0, 0.05) is 29.2 Å². The summed E-state index contributed by atoms with van der Waals surface area (Å²) in [5.41, 5.74) is -8.85. The lowest BCUT2D eigenvalue weighted by molar-refractivity contribution is -0.385. The molecule has 1 aliphatic carbocycles. The number of benzene rings is 2. The molecule has 0 spiro atoms. The molecule has 1 saturated carbocycles. The zero-order valence-electron chi connectivity index (χ0n) is 25.3. The zero-order chi connectivity index (χ0) is 38.9. The minimum atomic E-state index is -6.03. The SMILES string of the molecule is CC(C)(C)OC(=O)C(C(=O)c1ccc(C(F)(F)C(F)(F)F)cc1[N+](=O)[O-])C(=O)C1CC1.O=C(Cl)c1ccc(C(F)(F)C(F)(F)F)cc1[N+](=O)[O-]. The molecule has 274 valence electrons. The van der Waals surface area contributed by atoms with Gasteiger partial charge in [-0.15, -0.1) is 0 Å². The van der Waals surface area contributed by atoms with E-state index in [-0.39, 0.29) is 24.3 Å². The van der Waals surface area contributed by atoms with Crippen LogP contribution in [0.15, 0.2) is 36.4 Å². The van der Waals surface area contributed by atoms with Gasteiger partial charge in [0.25, 0.3) is 16.6 Å². The van der Waals surface area contributed by atoms with Crippen LogP contribution in [-0.2, 0) is 26.2 Å². The highest BCUT2D eigenvalue weighted by atomic mass is 35.5. The van der Waals surface area contributed by atoms with Crippen LogP contribution in [0.4, 0.5) is 55.3 Å². The molecule has 2 aromatic carbocycles. The maximum atomic E-state index is 13.6. The average molecular weight is 755 g/mol. The lowest BCUT2D eigenvalue weighted by Crippen LogP contribution is -2.38. The van der Waals surface area contributed by atoms with Crippen molar-refractivity contribution < 1.29 is 77.7 Å². The van der Waals surface area contributed by atoms with Crippen LogP contribution in [0.2, 0.25) is 0 Å². The first-order valence-electron chi connectivity index (χ1n) is 13.4. The van der Waals surface area contributed by atoms with E-state index >= 15 is 0 Å². The Hall–Kier alpha value is -4.69. The van der Waals surface area contributed by atoms with Crippen LogP contribution in [0.3, 0.4) is 0 Å². The maximum absolute atomic E-state index is 13.6. The lowest BCUT2D eigenvalue weighted by atomic mass is 9.89. The van der Waals surface area contributed by atoms with Gasteiger partial charge in [-0.3, -0.25) is 39.4 Å². The third-order valence-corrected chi connectivity index (χ3v) is 6.68. The number of hydrogen-bond acceptors (Lipinski definition) is 9. The summed E-state index contributed by atoms with van der Waals surface area (Å²) in [5.74, 6) is -17.0. The molecule has 11 nitrogen and oxygen atoms in total. The zero-order valence-corrected chi connectivity index (χ0v) is 26.0. The van der Waals surface area contributed by atoms with Crippen LogP contribution < -0.4 is 0 Å². The van der Waals surface area contributed by atoms with Gasteiger partial charge in [-0.2, -0.15) is 43.9 Å². The fourth-order valence-electron chi connectivity index (χ4n) is 3.93. The summed E-state index contributed by atoms with van der Waals surface area (Å²) in [6.45, 7) is 4.35. The number of esters is 1. The molecule has 1 unspecified atom stereocenters. The number of halogens is 11. The van der Waals surface area contributed by atoms with E-state index in [1.54, 1.807) is 0 Å². The van der Waals surface area contributed by atoms with E-state index in [9.17, 15) is 83.3 Å². The van der Waals surface area contributed by atoms with Gasteiger partial charge in [-0.05, 0) is 57.3 Å². The number of Topliss-reactive ketones (excluding diaryl/α,β-unsaturated/α-hetero) is 2. The average Bonchev–Trinajstić information content (AvgIpc) is 3.80. The number of carbonyl (C=O) groups is 4. The third-order valence-electron chi connectivity index (χ3n) is 6.47. The van der Waals surface area contributed by atoms with Crippen molar-refractivity contribution in [1.29, 1.82) is 0 Å². The molecule has 22 heteroatoms. The number of ketones is 2. The Morgan fingerprint density at radius 2 is 1.12 bits per heavy atom. The van der Waals surface area contributed by atoms with Gasteiger partial charge >= 0.3 is 30.2 Å². The summed E-state index contributed by atoms with van der Waals surface area (Å²) < 4.78 is 132. The van der Waals surface area contributed by atoms with Crippen molar-refractivity contribution in [2.75, 3.05) is 0 Å². The minimum Gasteiger partial charge on any atom is -0.459 e. The van der Waals surface area contributed by atoms with Gasteiger partial charge in [-0.1, -0.05) is 12.1 Å². The summed E-state index contributed by atoms with van der Waals surface area (Å²) in [7, 11) is 0. The molecule has 50 heavy (non-hydrogen) atoms. The summed E-state index contributed by atoms with van der Waals surface area (Å²) in [6.07, 6.45) is -11.2. The van der Waals surface area contributed by atoms with Gasteiger partial charge in [0.2, 0.25) is 0 Å². The first kappa shape index (κ1) is 41.5. The Bertz CT molecular complexity index is 1720. The van der Waals surface area contributed by atoms with Gasteiger partial charge < -0.3 is 4.74 Å². The van der Waals surface area contributed by atoms with E-state index in [1.165, 1.54) is 20.8 Å². The van der Waals surface area contributed by atoms with Crippen molar-refractivity contribution in [2.45, 2.75) is 63.4 Å². The third kappa shape index (κ3) is 9.30. The standard InChI is InChI=1S/C19H18F5NO6.C9H3ClF5NO3/c1-17(2,3)31-16(28)13(14(26)9-4-5-9)15(27)11-7-6-10(8-12(11)25(29)30)18(20,21)19(22,23)24;10-7(17)5-2-1-4(3-6(5)16(18)19)8(11,12)9(13,14)15/h6-9,13H,4-5H2,1-3H3;1-3H. The van der Waals surface area contributed by atoms with Crippen LogP contribution in [0.25, 0.3) is 0 Å². The topological polar surface area (TPSA) is 164 Å². The largest absolute Gasteiger partial charge is 0.459 e. The fraction of sp³-hybridized carbons (Fsp3) is 0.429. The van der Waals surface area contributed by atoms with E-state index in [1.807, 2.05) is 0 Å². The first-order valence-corrected chi connectivity index (χ1v) is 13.8. The Balaban J connectivity index is 0.000000391. The van der Waals surface area contributed by atoms with Gasteiger partial charge in [0.1, 0.15) is 11.2 Å². The minimum absolute atomic E-state index is 0.0247. The Morgan fingerprint density at radius 3 is 1.44 bits per heavy atom. The Kier molecular flexibility index (Phi) is 11.8. The van der Waals surface area contributed by atoms with Crippen LogP contribution in [0.1, 0.15) is 65.5 Å². The predicted molar refractivity (Wildman–Crippen MR) is 148 cm³/mol. The second-order valence-corrected chi connectivity index (χ2v) is 11.7. The molecule has 2 aromatic rings. The van der Waals surface area contributed by atoms with Crippen molar-refractivity contribution in [3.8, 4) is 0 Å². The van der Waals surface area contributed by atoms with Crippen molar-refractivity contribution in [1.82, 2.24) is 0 Å². The number of alkyl halides is 10. The second kappa shape index (κ2) is 14.3. The molecule has 3 rings (SSSR count). The van der Waals surface area contributed by atoms with Crippen molar-refractivity contribution in [3.05, 3.63) is 78.9 Å². The lowest BCUT2D eigenvalue weighted by Gasteiger charge is -2.23. The molecule has 0 bridgehead atoms. The quantitative estimate of drug-likeness (QED) is 0.0445. The summed E-state index contributed by atoms with van der Waals surface area (Å²) in [4.78, 5) is 67.9. The van der Waals surface area contributed by atoms with Crippen LogP contribution in [0, 0.1) is 32.1 Å². The molecule has 0 amide bonds. The molecule has 0 N–H and O–H groups in total. The van der Waals surface area contributed by atoms with E-state index in [0.29, 0.717) is 25.0 Å². The van der Waals surface area contributed by atoms with Gasteiger partial charge in [0.05, 0.1) is 15.4 Å². The molecule has 0 aliphatic heterocycles. The van der Waals surface area contributed by atoms with Gasteiger partial charge in [-0.25, -0.2) is 0 Å². The summed E-state index contributed by atoms with van der Waals surface area (Å²) >= 11 is 4.96. The highest BCUT2D eigenvalue weighted by Crippen LogP contribution is 2.46. The number of nitrogens with zero attached hydrogens (tertiary/aromatic N) is 2. The van der Waals surface area contributed by atoms with Crippen LogP contribution in [-0.4, -0.2) is 50.6 Å². The first-order chi connectivity index (χ1) is 22.5. The van der Waals surface area contributed by atoms with Crippen molar-refractivity contribution >= 4 is 45.8 Å². The molecule has 0 saturated heterocycles. The number of nitro groups is 2. The highest BCUT2D eigenvalue weighted by molar-refractivity contribution is 6.68. The molecule has 0 radical (unpaired) electrons. The number of hydrogen-bond donors (Lipinski definition) is 0. The van der Waals surface area contributed by atoms with E-state index in [4.69, 9.17) is 16.3 Å². The predicted octanol–water partition coefficient (Wildman–Crippen LogP) is 8.00. The molecular weight excluding hydrogens is 734 g/mol. The molecule has 0 heterocycles. The van der Waals surface area contributed by atoms with Crippen molar-refractivity contribution in [3.63, 3.8) is 0 Å². The number of nitro benzene ring substituents is 2. The molecule has 0 aromatic heterocycles. The van der Waals surface area contributed by atoms with E-state index in [0.717, 1.165) is 0 Å². The monoisotopic (exact) mass is 754 g/mol. The smallest absolute Gasteiger partial charge is 0.458 e. The van der Waals surface area contributed by atoms with Crippen LogP contribution >= 0.6 is 11.6 Å². The Morgan fingerprint density at radius 1 is 0.740 bits per heavy atom.